The van der Waals surface area contributed by atoms with E-state index in [9.17, 15) is 4.79 Å². The number of nitrogens with zero attached hydrogens (tertiary/aromatic N) is 2. The first kappa shape index (κ1) is 14.6. The van der Waals surface area contributed by atoms with Gasteiger partial charge in [0.05, 0.1) is 30.4 Å². The molecule has 1 amide bonds. The van der Waals surface area contributed by atoms with Crippen LogP contribution < -0.4 is 5.32 Å². The molecule has 3 rings (SSSR count). The second-order valence-electron chi connectivity index (χ2n) is 7.47. The first-order valence-electron chi connectivity index (χ1n) is 7.79. The Morgan fingerprint density at radius 2 is 2.24 bits per heavy atom. The van der Waals surface area contributed by atoms with E-state index < -0.39 is 0 Å². The molecule has 5 nitrogen and oxygen atoms in total. The van der Waals surface area contributed by atoms with Gasteiger partial charge in [-0.15, -0.1) is 0 Å². The zero-order chi connectivity index (χ0) is 15.2. The summed E-state index contributed by atoms with van der Waals surface area (Å²) in [4.78, 5) is 12.7. The minimum absolute atomic E-state index is 0.0188. The van der Waals surface area contributed by atoms with Crippen molar-refractivity contribution < 1.29 is 9.53 Å². The van der Waals surface area contributed by atoms with E-state index in [1.807, 2.05) is 19.4 Å². The van der Waals surface area contributed by atoms with Crippen molar-refractivity contribution in [3.05, 3.63) is 18.0 Å². The number of hydrogen-bond acceptors (Lipinski definition) is 3. The fraction of sp³-hybridized carbons (Fsp3) is 0.750. The molecular formula is C16H25N3O2. The Labute approximate surface area is 126 Å². The first-order valence-corrected chi connectivity index (χ1v) is 7.79. The Hall–Kier alpha value is -1.36. The molecule has 1 aromatic heterocycles. The maximum absolute atomic E-state index is 12.7. The summed E-state index contributed by atoms with van der Waals surface area (Å²) in [5, 5.41) is 7.48. The number of ether oxygens (including phenoxy) is 1. The first-order chi connectivity index (χ1) is 9.84. The highest BCUT2D eigenvalue weighted by atomic mass is 16.5. The largest absolute Gasteiger partial charge is 0.374 e. The smallest absolute Gasteiger partial charge is 0.226 e. The molecule has 4 atom stereocenters. The van der Waals surface area contributed by atoms with E-state index in [-0.39, 0.29) is 29.4 Å². The van der Waals surface area contributed by atoms with Crippen LogP contribution >= 0.6 is 0 Å². The molecule has 0 saturated carbocycles. The highest BCUT2D eigenvalue weighted by Crippen LogP contribution is 2.40. The third kappa shape index (κ3) is 2.84. The Morgan fingerprint density at radius 3 is 2.71 bits per heavy atom. The van der Waals surface area contributed by atoms with Crippen molar-refractivity contribution in [3.8, 4) is 0 Å². The molecule has 0 unspecified atom stereocenters. The number of carbonyl (C=O) groups excluding carboxylic acids is 1. The number of nitrogens with one attached hydrogen (secondary N) is 1. The minimum atomic E-state index is -0.0584. The summed E-state index contributed by atoms with van der Waals surface area (Å²) in [5.41, 5.74) is 0.999. The minimum Gasteiger partial charge on any atom is -0.374 e. The topological polar surface area (TPSA) is 56.2 Å². The van der Waals surface area contributed by atoms with Crippen molar-refractivity contribution in [2.24, 2.45) is 18.4 Å². The maximum atomic E-state index is 12.7. The van der Waals surface area contributed by atoms with Gasteiger partial charge in [-0.25, -0.2) is 0 Å². The SMILES string of the molecule is Cn1cc([C@@H](NC(=O)[C@@H]2C[C@H]3CC[C@H]2O3)C(C)(C)C)cn1. The molecular weight excluding hydrogens is 266 g/mol. The lowest BCUT2D eigenvalue weighted by atomic mass is 9.82. The van der Waals surface area contributed by atoms with Gasteiger partial charge in [0.2, 0.25) is 5.91 Å². The van der Waals surface area contributed by atoms with E-state index in [1.165, 1.54) is 0 Å². The van der Waals surface area contributed by atoms with Gasteiger partial charge in [-0.3, -0.25) is 9.48 Å². The number of amides is 1. The number of aromatic nitrogens is 2. The predicted octanol–water partition coefficient (Wildman–Crippen LogP) is 2.19. The molecule has 2 saturated heterocycles. The van der Waals surface area contributed by atoms with Crippen LogP contribution in [-0.4, -0.2) is 27.9 Å². The Bertz CT molecular complexity index is 532. The van der Waals surface area contributed by atoms with Crippen LogP contribution in [0.3, 0.4) is 0 Å². The monoisotopic (exact) mass is 291 g/mol. The Morgan fingerprint density at radius 1 is 1.48 bits per heavy atom. The van der Waals surface area contributed by atoms with Crippen molar-refractivity contribution >= 4 is 5.91 Å². The molecule has 2 bridgehead atoms. The van der Waals surface area contributed by atoms with Crippen LogP contribution in [0.1, 0.15) is 51.6 Å². The predicted molar refractivity (Wildman–Crippen MR) is 79.5 cm³/mol. The van der Waals surface area contributed by atoms with Gasteiger partial charge in [0, 0.05) is 18.8 Å². The van der Waals surface area contributed by atoms with E-state index in [0.29, 0.717) is 6.10 Å². The molecule has 1 aromatic rings. The molecule has 0 spiro atoms. The molecule has 0 aromatic carbocycles. The van der Waals surface area contributed by atoms with Crippen LogP contribution in [0.4, 0.5) is 0 Å². The van der Waals surface area contributed by atoms with Crippen molar-refractivity contribution in [1.29, 1.82) is 0 Å². The van der Waals surface area contributed by atoms with Crippen LogP contribution in [-0.2, 0) is 16.6 Å². The summed E-state index contributed by atoms with van der Waals surface area (Å²) in [6.45, 7) is 6.42. The molecule has 2 aliphatic rings. The van der Waals surface area contributed by atoms with Gasteiger partial charge in [-0.2, -0.15) is 5.10 Å². The van der Waals surface area contributed by atoms with Crippen molar-refractivity contribution in [1.82, 2.24) is 15.1 Å². The summed E-state index contributed by atoms with van der Waals surface area (Å²) in [6.07, 6.45) is 7.26. The second-order valence-corrected chi connectivity index (χ2v) is 7.47. The zero-order valence-electron chi connectivity index (χ0n) is 13.3. The second kappa shape index (κ2) is 5.13. The Balaban J connectivity index is 1.74. The number of carbonyl (C=O) groups is 1. The van der Waals surface area contributed by atoms with Crippen LogP contribution in [0.2, 0.25) is 0 Å². The van der Waals surface area contributed by atoms with Crippen LogP contribution in [0.15, 0.2) is 12.4 Å². The van der Waals surface area contributed by atoms with Crippen LogP contribution in [0, 0.1) is 11.3 Å². The molecule has 2 aliphatic heterocycles. The van der Waals surface area contributed by atoms with Gasteiger partial charge in [0.1, 0.15) is 0 Å². The summed E-state index contributed by atoms with van der Waals surface area (Å²) in [6, 6.07) is -0.0298. The number of rotatable bonds is 3. The average molecular weight is 291 g/mol. The van der Waals surface area contributed by atoms with E-state index in [0.717, 1.165) is 24.8 Å². The van der Waals surface area contributed by atoms with Crippen LogP contribution in [0.5, 0.6) is 0 Å². The normalized spacial score (nSPS) is 29.6. The number of fused-ring (bicyclic) bond motifs is 2. The zero-order valence-corrected chi connectivity index (χ0v) is 13.3. The summed E-state index contributed by atoms with van der Waals surface area (Å²) >= 11 is 0. The lowest BCUT2D eigenvalue weighted by Crippen LogP contribution is -2.42. The standard InChI is InChI=1S/C16H25N3O2/c1-16(2,3)14(10-8-17-19(4)9-10)18-15(20)12-7-11-5-6-13(12)21-11/h8-9,11-14H,5-7H2,1-4H3,(H,18,20)/t11-,12-,13-,14-/m1/s1. The highest BCUT2D eigenvalue weighted by Gasteiger charge is 2.45. The third-order valence-corrected chi connectivity index (χ3v) is 4.65. The van der Waals surface area contributed by atoms with Gasteiger partial charge in [0.15, 0.2) is 0 Å². The van der Waals surface area contributed by atoms with Gasteiger partial charge in [-0.1, -0.05) is 20.8 Å². The fourth-order valence-electron chi connectivity index (χ4n) is 3.55. The molecule has 0 aliphatic carbocycles. The maximum Gasteiger partial charge on any atom is 0.226 e. The van der Waals surface area contributed by atoms with Gasteiger partial charge in [0.25, 0.3) is 0 Å². The Kier molecular flexibility index (Phi) is 3.56. The molecule has 116 valence electrons. The quantitative estimate of drug-likeness (QED) is 0.928. The average Bonchev–Trinajstić information content (AvgIpc) is 3.09. The van der Waals surface area contributed by atoms with Gasteiger partial charge in [-0.05, 0) is 24.7 Å². The summed E-state index contributed by atoms with van der Waals surface area (Å²) in [7, 11) is 1.90. The van der Waals surface area contributed by atoms with Gasteiger partial charge < -0.3 is 10.1 Å². The lowest BCUT2D eigenvalue weighted by molar-refractivity contribution is -0.128. The van der Waals surface area contributed by atoms with Crippen molar-refractivity contribution in [2.45, 2.75) is 58.3 Å². The van der Waals surface area contributed by atoms with E-state index in [4.69, 9.17) is 4.74 Å². The summed E-state index contributed by atoms with van der Waals surface area (Å²) < 4.78 is 7.58. The fourth-order valence-corrected chi connectivity index (χ4v) is 3.55. The highest BCUT2D eigenvalue weighted by molar-refractivity contribution is 5.80. The summed E-state index contributed by atoms with van der Waals surface area (Å²) in [5.74, 6) is 0.149. The van der Waals surface area contributed by atoms with Crippen molar-refractivity contribution in [2.75, 3.05) is 0 Å². The molecule has 5 heteroatoms. The van der Waals surface area contributed by atoms with Crippen molar-refractivity contribution in [3.63, 3.8) is 0 Å². The van der Waals surface area contributed by atoms with E-state index in [1.54, 1.807) is 4.68 Å². The molecule has 21 heavy (non-hydrogen) atoms. The number of aryl methyl sites for hydroxylation is 1. The molecule has 1 N–H and O–H groups in total. The lowest BCUT2D eigenvalue weighted by Gasteiger charge is -2.32. The van der Waals surface area contributed by atoms with Crippen LogP contribution in [0.25, 0.3) is 0 Å². The molecule has 3 heterocycles. The molecule has 0 radical (unpaired) electrons. The number of hydrogen-bond donors (Lipinski definition) is 1. The van der Waals surface area contributed by atoms with Gasteiger partial charge >= 0.3 is 0 Å². The van der Waals surface area contributed by atoms with E-state index in [2.05, 4.69) is 31.2 Å². The third-order valence-electron chi connectivity index (χ3n) is 4.65. The van der Waals surface area contributed by atoms with E-state index >= 15 is 0 Å². The molecule has 2 fully saturated rings.